The Bertz CT molecular complexity index is 704. The fourth-order valence-electron chi connectivity index (χ4n) is 2.40. The van der Waals surface area contributed by atoms with Gasteiger partial charge < -0.3 is 14.8 Å². The summed E-state index contributed by atoms with van der Waals surface area (Å²) < 4.78 is 5.38. The Balaban J connectivity index is 1.85. The molecule has 0 bridgehead atoms. The fourth-order valence-corrected chi connectivity index (χ4v) is 2.40. The molecule has 2 aromatic carbocycles. The van der Waals surface area contributed by atoms with E-state index in [1.54, 1.807) is 12.3 Å². The molecule has 0 fully saturated rings. The van der Waals surface area contributed by atoms with Crippen LogP contribution >= 0.6 is 0 Å². The van der Waals surface area contributed by atoms with Gasteiger partial charge in [-0.05, 0) is 35.9 Å². The van der Waals surface area contributed by atoms with E-state index in [0.717, 1.165) is 22.1 Å². The number of benzene rings is 2. The van der Waals surface area contributed by atoms with Crippen LogP contribution in [0.5, 0.6) is 5.75 Å². The first kappa shape index (κ1) is 12.8. The molecule has 0 saturated carbocycles. The number of phenolic OH excluding ortho intramolecular Hbond substituents is 1. The van der Waals surface area contributed by atoms with Crippen molar-refractivity contribution in [1.82, 2.24) is 5.32 Å². The summed E-state index contributed by atoms with van der Waals surface area (Å²) >= 11 is 0. The summed E-state index contributed by atoms with van der Waals surface area (Å²) in [7, 11) is 0. The van der Waals surface area contributed by atoms with Gasteiger partial charge in [-0.3, -0.25) is 0 Å². The maximum absolute atomic E-state index is 10.1. The van der Waals surface area contributed by atoms with Gasteiger partial charge in [0, 0.05) is 12.1 Å². The van der Waals surface area contributed by atoms with Crippen molar-refractivity contribution in [2.45, 2.75) is 19.5 Å². The van der Waals surface area contributed by atoms with E-state index in [1.807, 2.05) is 49.4 Å². The Hall–Kier alpha value is -2.26. The van der Waals surface area contributed by atoms with Crippen LogP contribution in [-0.2, 0) is 6.54 Å². The molecule has 0 radical (unpaired) electrons. The first-order chi connectivity index (χ1) is 9.75. The summed E-state index contributed by atoms with van der Waals surface area (Å²) in [5.41, 5.74) is 0.918. The molecule has 3 aromatic rings. The predicted octanol–water partition coefficient (Wildman–Crippen LogP) is 3.99. The van der Waals surface area contributed by atoms with E-state index >= 15 is 0 Å². The Morgan fingerprint density at radius 3 is 2.75 bits per heavy atom. The Morgan fingerprint density at radius 2 is 1.95 bits per heavy atom. The monoisotopic (exact) mass is 267 g/mol. The minimum atomic E-state index is 0.100. The van der Waals surface area contributed by atoms with Crippen LogP contribution in [0, 0.1) is 0 Å². The molecular formula is C17H17NO2. The number of hydrogen-bond donors (Lipinski definition) is 2. The smallest absolute Gasteiger partial charge is 0.120 e. The Labute approximate surface area is 117 Å². The van der Waals surface area contributed by atoms with E-state index in [9.17, 15) is 5.11 Å². The maximum atomic E-state index is 10.1. The lowest BCUT2D eigenvalue weighted by Crippen LogP contribution is -2.17. The van der Waals surface area contributed by atoms with E-state index < -0.39 is 0 Å². The van der Waals surface area contributed by atoms with Crippen molar-refractivity contribution >= 4 is 10.8 Å². The van der Waals surface area contributed by atoms with Crippen molar-refractivity contribution in [3.05, 3.63) is 66.1 Å². The van der Waals surface area contributed by atoms with Gasteiger partial charge in [-0.25, -0.2) is 0 Å². The molecule has 3 nitrogen and oxygen atoms in total. The van der Waals surface area contributed by atoms with E-state index in [0.29, 0.717) is 12.3 Å². The number of fused-ring (bicyclic) bond motifs is 1. The lowest BCUT2D eigenvalue weighted by molar-refractivity contribution is 0.423. The van der Waals surface area contributed by atoms with Gasteiger partial charge in [-0.2, -0.15) is 0 Å². The molecule has 20 heavy (non-hydrogen) atoms. The molecule has 102 valence electrons. The van der Waals surface area contributed by atoms with Crippen molar-refractivity contribution in [3.8, 4) is 5.75 Å². The van der Waals surface area contributed by atoms with Gasteiger partial charge in [0.2, 0.25) is 0 Å². The molecule has 2 N–H and O–H groups in total. The second-order valence-electron chi connectivity index (χ2n) is 4.90. The van der Waals surface area contributed by atoms with Crippen molar-refractivity contribution in [2.24, 2.45) is 0 Å². The SMILES string of the molecule is C[C@@H](NCc1c(O)ccc2ccccc12)c1ccco1. The van der Waals surface area contributed by atoms with Crippen LogP contribution in [0.2, 0.25) is 0 Å². The zero-order chi connectivity index (χ0) is 13.9. The van der Waals surface area contributed by atoms with Crippen molar-refractivity contribution in [3.63, 3.8) is 0 Å². The summed E-state index contributed by atoms with van der Waals surface area (Å²) in [6, 6.07) is 15.7. The summed E-state index contributed by atoms with van der Waals surface area (Å²) in [6.45, 7) is 2.63. The second kappa shape index (κ2) is 5.39. The standard InChI is InChI=1S/C17H17NO2/c1-12(17-7-4-10-20-17)18-11-15-14-6-3-2-5-13(14)8-9-16(15)19/h2-10,12,18-19H,11H2,1H3/t12-/m1/s1. The molecule has 0 amide bonds. The zero-order valence-electron chi connectivity index (χ0n) is 11.3. The lowest BCUT2D eigenvalue weighted by Gasteiger charge is -2.14. The van der Waals surface area contributed by atoms with Crippen molar-refractivity contribution < 1.29 is 9.52 Å². The molecule has 1 aromatic heterocycles. The molecule has 1 atom stereocenters. The molecule has 1 heterocycles. The first-order valence-corrected chi connectivity index (χ1v) is 6.72. The fraction of sp³-hybridized carbons (Fsp3) is 0.176. The lowest BCUT2D eigenvalue weighted by atomic mass is 10.0. The quantitative estimate of drug-likeness (QED) is 0.751. The first-order valence-electron chi connectivity index (χ1n) is 6.72. The van der Waals surface area contributed by atoms with Gasteiger partial charge in [0.05, 0.1) is 12.3 Å². The van der Waals surface area contributed by atoms with Gasteiger partial charge in [0.25, 0.3) is 0 Å². The van der Waals surface area contributed by atoms with Crippen LogP contribution in [0.15, 0.2) is 59.2 Å². The van der Waals surface area contributed by atoms with Crippen molar-refractivity contribution in [1.29, 1.82) is 0 Å². The molecule has 0 aliphatic carbocycles. The number of hydrogen-bond acceptors (Lipinski definition) is 3. The highest BCUT2D eigenvalue weighted by molar-refractivity contribution is 5.87. The van der Waals surface area contributed by atoms with Crippen LogP contribution < -0.4 is 5.32 Å². The molecule has 0 unspecified atom stereocenters. The predicted molar refractivity (Wildman–Crippen MR) is 79.6 cm³/mol. The van der Waals surface area contributed by atoms with Crippen LogP contribution in [0.25, 0.3) is 10.8 Å². The molecule has 0 aliphatic rings. The second-order valence-corrected chi connectivity index (χ2v) is 4.90. The topological polar surface area (TPSA) is 45.4 Å². The van der Waals surface area contributed by atoms with Gasteiger partial charge in [-0.1, -0.05) is 30.3 Å². The van der Waals surface area contributed by atoms with Crippen LogP contribution in [0.1, 0.15) is 24.3 Å². The highest BCUT2D eigenvalue weighted by Gasteiger charge is 2.11. The Morgan fingerprint density at radius 1 is 1.10 bits per heavy atom. The normalized spacial score (nSPS) is 12.7. The highest BCUT2D eigenvalue weighted by Crippen LogP contribution is 2.27. The van der Waals surface area contributed by atoms with Gasteiger partial charge in [0.15, 0.2) is 0 Å². The van der Waals surface area contributed by atoms with Crippen LogP contribution in [0.3, 0.4) is 0 Å². The average molecular weight is 267 g/mol. The third-order valence-electron chi connectivity index (χ3n) is 3.57. The number of nitrogens with one attached hydrogen (secondary N) is 1. The average Bonchev–Trinajstić information content (AvgIpc) is 3.00. The number of phenols is 1. The molecule has 0 aliphatic heterocycles. The van der Waals surface area contributed by atoms with Crippen molar-refractivity contribution in [2.75, 3.05) is 0 Å². The maximum Gasteiger partial charge on any atom is 0.120 e. The van der Waals surface area contributed by atoms with E-state index in [1.165, 1.54) is 0 Å². The van der Waals surface area contributed by atoms with Gasteiger partial charge in [-0.15, -0.1) is 0 Å². The third kappa shape index (κ3) is 2.40. The number of rotatable bonds is 4. The molecule has 0 spiro atoms. The highest BCUT2D eigenvalue weighted by atomic mass is 16.3. The number of aromatic hydroxyl groups is 1. The van der Waals surface area contributed by atoms with E-state index in [4.69, 9.17) is 4.42 Å². The summed E-state index contributed by atoms with van der Waals surface area (Å²) in [4.78, 5) is 0. The van der Waals surface area contributed by atoms with E-state index in [2.05, 4.69) is 5.32 Å². The summed E-state index contributed by atoms with van der Waals surface area (Å²) in [5.74, 6) is 1.22. The molecular weight excluding hydrogens is 250 g/mol. The zero-order valence-corrected chi connectivity index (χ0v) is 11.3. The summed E-state index contributed by atoms with van der Waals surface area (Å²) in [5, 5.41) is 15.7. The third-order valence-corrected chi connectivity index (χ3v) is 3.57. The van der Waals surface area contributed by atoms with E-state index in [-0.39, 0.29) is 6.04 Å². The molecule has 3 rings (SSSR count). The minimum Gasteiger partial charge on any atom is -0.508 e. The molecule has 3 heteroatoms. The summed E-state index contributed by atoms with van der Waals surface area (Å²) in [6.07, 6.45) is 1.67. The van der Waals surface area contributed by atoms with Gasteiger partial charge >= 0.3 is 0 Å². The van der Waals surface area contributed by atoms with Gasteiger partial charge in [0.1, 0.15) is 11.5 Å². The minimum absolute atomic E-state index is 0.100. The number of furan rings is 1. The largest absolute Gasteiger partial charge is 0.508 e. The Kier molecular flexibility index (Phi) is 3.44. The van der Waals surface area contributed by atoms with Crippen LogP contribution in [-0.4, -0.2) is 5.11 Å². The molecule has 0 saturated heterocycles. The van der Waals surface area contributed by atoms with Crippen LogP contribution in [0.4, 0.5) is 0 Å².